The van der Waals surface area contributed by atoms with Crippen LogP contribution in [-0.2, 0) is 19.1 Å². The summed E-state index contributed by atoms with van der Waals surface area (Å²) in [6.07, 6.45) is 6.93. The van der Waals surface area contributed by atoms with Crippen LogP contribution in [0.25, 0.3) is 0 Å². The van der Waals surface area contributed by atoms with E-state index in [-0.39, 0.29) is 36.1 Å². The molecule has 0 radical (unpaired) electrons. The second-order valence-electron chi connectivity index (χ2n) is 8.83. The Bertz CT molecular complexity index is 486. The van der Waals surface area contributed by atoms with Crippen molar-refractivity contribution < 1.29 is 19.1 Å². The summed E-state index contributed by atoms with van der Waals surface area (Å²) >= 11 is 0. The molecule has 24 heavy (non-hydrogen) atoms. The van der Waals surface area contributed by atoms with Crippen LogP contribution in [0.4, 0.5) is 0 Å². The average Bonchev–Trinajstić information content (AvgIpc) is 2.50. The van der Waals surface area contributed by atoms with Crippen LogP contribution in [0.5, 0.6) is 0 Å². The van der Waals surface area contributed by atoms with Crippen LogP contribution in [0.1, 0.15) is 52.4 Å². The van der Waals surface area contributed by atoms with E-state index < -0.39 is 0 Å². The molecule has 5 rings (SSSR count). The summed E-state index contributed by atoms with van der Waals surface area (Å²) in [4.78, 5) is 27.0. The number of amides is 1. The first-order valence-electron chi connectivity index (χ1n) is 9.54. The molecule has 5 fully saturated rings. The molecular weight excluding hydrogens is 306 g/mol. The Morgan fingerprint density at radius 3 is 2.00 bits per heavy atom. The zero-order chi connectivity index (χ0) is 16.9. The van der Waals surface area contributed by atoms with Gasteiger partial charge >= 0.3 is 5.97 Å². The number of morpholine rings is 1. The van der Waals surface area contributed by atoms with Crippen molar-refractivity contribution in [3.05, 3.63) is 0 Å². The van der Waals surface area contributed by atoms with Gasteiger partial charge in [-0.2, -0.15) is 0 Å². The predicted molar refractivity (Wildman–Crippen MR) is 88.2 cm³/mol. The van der Waals surface area contributed by atoms with Gasteiger partial charge in [0.2, 0.25) is 0 Å². The number of rotatable bonds is 3. The van der Waals surface area contributed by atoms with Crippen molar-refractivity contribution in [2.24, 2.45) is 23.2 Å². The molecule has 0 spiro atoms. The van der Waals surface area contributed by atoms with E-state index in [1.807, 2.05) is 13.8 Å². The van der Waals surface area contributed by atoms with Gasteiger partial charge in [-0.15, -0.1) is 0 Å². The summed E-state index contributed by atoms with van der Waals surface area (Å²) in [5.74, 6) is 1.93. The second kappa shape index (κ2) is 6.01. The maximum atomic E-state index is 12.8. The molecule has 5 heteroatoms. The fourth-order valence-electron chi connectivity index (χ4n) is 6.11. The summed E-state index contributed by atoms with van der Waals surface area (Å²) in [5, 5.41) is 0. The molecule has 0 aromatic rings. The van der Waals surface area contributed by atoms with Crippen molar-refractivity contribution in [3.8, 4) is 0 Å². The molecule has 1 saturated heterocycles. The van der Waals surface area contributed by atoms with Crippen molar-refractivity contribution in [2.45, 2.75) is 64.6 Å². The number of nitrogens with zero attached hydrogens (tertiary/aromatic N) is 1. The molecule has 0 unspecified atom stereocenters. The Balaban J connectivity index is 1.34. The van der Waals surface area contributed by atoms with Gasteiger partial charge in [-0.1, -0.05) is 0 Å². The van der Waals surface area contributed by atoms with Crippen molar-refractivity contribution >= 4 is 11.9 Å². The van der Waals surface area contributed by atoms with Gasteiger partial charge in [-0.3, -0.25) is 9.59 Å². The Morgan fingerprint density at radius 2 is 1.50 bits per heavy atom. The number of hydrogen-bond donors (Lipinski definition) is 0. The predicted octanol–water partition coefficient (Wildman–Crippen LogP) is 2.38. The second-order valence-corrected chi connectivity index (χ2v) is 8.83. The third-order valence-electron chi connectivity index (χ3n) is 6.57. The molecule has 1 heterocycles. The highest BCUT2D eigenvalue weighted by Crippen LogP contribution is 2.60. The first-order chi connectivity index (χ1) is 11.4. The van der Waals surface area contributed by atoms with Crippen molar-refractivity contribution in [2.75, 3.05) is 19.7 Å². The van der Waals surface area contributed by atoms with Gasteiger partial charge in [0.05, 0.1) is 17.6 Å². The van der Waals surface area contributed by atoms with Crippen molar-refractivity contribution in [1.82, 2.24) is 4.90 Å². The summed E-state index contributed by atoms with van der Waals surface area (Å²) in [6.45, 7) is 4.99. The zero-order valence-electron chi connectivity index (χ0n) is 14.8. The van der Waals surface area contributed by atoms with Crippen LogP contribution in [0.3, 0.4) is 0 Å². The topological polar surface area (TPSA) is 55.8 Å². The summed E-state index contributed by atoms with van der Waals surface area (Å²) in [7, 11) is 0. The molecule has 134 valence electrons. The molecule has 5 aliphatic rings. The zero-order valence-corrected chi connectivity index (χ0v) is 14.8. The minimum absolute atomic E-state index is 0.0385. The molecule has 4 saturated carbocycles. The van der Waals surface area contributed by atoms with E-state index >= 15 is 0 Å². The highest BCUT2D eigenvalue weighted by molar-refractivity contribution is 5.83. The van der Waals surface area contributed by atoms with E-state index in [2.05, 4.69) is 0 Å². The molecule has 0 aromatic heterocycles. The Labute approximate surface area is 144 Å². The number of esters is 1. The van der Waals surface area contributed by atoms with Gasteiger partial charge in [0, 0.05) is 13.1 Å². The normalized spacial score (nSPS) is 43.8. The fourth-order valence-corrected chi connectivity index (χ4v) is 6.11. The van der Waals surface area contributed by atoms with E-state index in [0.29, 0.717) is 30.8 Å². The first-order valence-corrected chi connectivity index (χ1v) is 9.54. The van der Waals surface area contributed by atoms with Crippen LogP contribution >= 0.6 is 0 Å². The van der Waals surface area contributed by atoms with E-state index in [9.17, 15) is 9.59 Å². The molecule has 4 bridgehead atoms. The van der Waals surface area contributed by atoms with Gasteiger partial charge in [0.1, 0.15) is 0 Å². The van der Waals surface area contributed by atoms with E-state index in [0.717, 1.165) is 19.3 Å². The third-order valence-corrected chi connectivity index (χ3v) is 6.57. The highest BCUT2D eigenvalue weighted by Gasteiger charge is 2.55. The lowest BCUT2D eigenvalue weighted by Crippen LogP contribution is -2.52. The minimum atomic E-state index is -0.277. The highest BCUT2D eigenvalue weighted by atomic mass is 16.5. The monoisotopic (exact) mass is 335 g/mol. The molecule has 2 atom stereocenters. The van der Waals surface area contributed by atoms with Crippen molar-refractivity contribution in [1.29, 1.82) is 0 Å². The standard InChI is InChI=1S/C19H29NO4/c1-12-9-20(10-13(2)24-12)17(21)11-23-18(22)19-6-14-3-15(7-19)5-16(4-14)8-19/h12-16H,3-11H2,1-2H3/t12-,13+,14?,15?,16?,19?. The number of carbonyl (C=O) groups excluding carboxylic acids is 2. The number of ether oxygens (including phenoxy) is 2. The largest absolute Gasteiger partial charge is 0.455 e. The molecule has 4 aliphatic carbocycles. The van der Waals surface area contributed by atoms with Gasteiger partial charge in [-0.25, -0.2) is 0 Å². The van der Waals surface area contributed by atoms with Crippen LogP contribution in [0, 0.1) is 23.2 Å². The number of carbonyl (C=O) groups is 2. The van der Waals surface area contributed by atoms with Crippen LogP contribution in [0.15, 0.2) is 0 Å². The van der Waals surface area contributed by atoms with Crippen LogP contribution in [-0.4, -0.2) is 48.7 Å². The fraction of sp³-hybridized carbons (Fsp3) is 0.895. The molecular formula is C19H29NO4. The Kier molecular flexibility index (Phi) is 4.10. The minimum Gasteiger partial charge on any atom is -0.455 e. The summed E-state index contributed by atoms with van der Waals surface area (Å²) < 4.78 is 11.2. The lowest BCUT2D eigenvalue weighted by molar-refractivity contribution is -0.176. The maximum absolute atomic E-state index is 12.8. The van der Waals surface area contributed by atoms with Gasteiger partial charge in [-0.05, 0) is 70.1 Å². The maximum Gasteiger partial charge on any atom is 0.312 e. The summed E-state index contributed by atoms with van der Waals surface area (Å²) in [5.41, 5.74) is -0.277. The quantitative estimate of drug-likeness (QED) is 0.743. The molecule has 5 nitrogen and oxygen atoms in total. The molecule has 0 N–H and O–H groups in total. The van der Waals surface area contributed by atoms with E-state index in [4.69, 9.17) is 9.47 Å². The Hall–Kier alpha value is -1.10. The van der Waals surface area contributed by atoms with E-state index in [1.54, 1.807) is 4.90 Å². The van der Waals surface area contributed by atoms with Gasteiger partial charge < -0.3 is 14.4 Å². The van der Waals surface area contributed by atoms with Crippen molar-refractivity contribution in [3.63, 3.8) is 0 Å². The summed E-state index contributed by atoms with van der Waals surface area (Å²) in [6, 6.07) is 0. The van der Waals surface area contributed by atoms with Gasteiger partial charge in [0.15, 0.2) is 6.61 Å². The van der Waals surface area contributed by atoms with Crippen LogP contribution in [0.2, 0.25) is 0 Å². The lowest BCUT2D eigenvalue weighted by atomic mass is 9.49. The first kappa shape index (κ1) is 16.4. The smallest absolute Gasteiger partial charge is 0.312 e. The third kappa shape index (κ3) is 2.96. The SMILES string of the molecule is C[C@@H]1CN(C(=O)COC(=O)C23CC4CC(CC(C4)C2)C3)C[C@H](C)O1. The molecule has 1 amide bonds. The van der Waals surface area contributed by atoms with Crippen LogP contribution < -0.4 is 0 Å². The number of hydrogen-bond acceptors (Lipinski definition) is 4. The Morgan fingerprint density at radius 1 is 1.00 bits per heavy atom. The average molecular weight is 335 g/mol. The lowest BCUT2D eigenvalue weighted by Gasteiger charge is -2.55. The molecule has 0 aromatic carbocycles. The van der Waals surface area contributed by atoms with Gasteiger partial charge in [0.25, 0.3) is 5.91 Å². The van der Waals surface area contributed by atoms with E-state index in [1.165, 1.54) is 19.3 Å². The molecule has 1 aliphatic heterocycles.